The van der Waals surface area contributed by atoms with Gasteiger partial charge in [-0.05, 0) is 12.8 Å². The van der Waals surface area contributed by atoms with Crippen LogP contribution in [0.5, 0.6) is 0 Å². The van der Waals surface area contributed by atoms with Crippen LogP contribution in [-0.4, -0.2) is 20.8 Å². The van der Waals surface area contributed by atoms with Crippen molar-refractivity contribution in [2.75, 3.05) is 0 Å². The number of imidazole rings is 1. The molecular formula is C12H20N2O. The van der Waals surface area contributed by atoms with Gasteiger partial charge in [0, 0.05) is 18.3 Å². The van der Waals surface area contributed by atoms with E-state index in [-0.39, 0.29) is 12.1 Å². The van der Waals surface area contributed by atoms with Gasteiger partial charge in [0.1, 0.15) is 5.82 Å². The Morgan fingerprint density at radius 3 is 2.80 bits per heavy atom. The van der Waals surface area contributed by atoms with Crippen molar-refractivity contribution in [3.63, 3.8) is 0 Å². The predicted octanol–water partition coefficient (Wildman–Crippen LogP) is 2.48. The van der Waals surface area contributed by atoms with E-state index in [0.717, 1.165) is 25.1 Å². The lowest BCUT2D eigenvalue weighted by molar-refractivity contribution is 0.0737. The minimum atomic E-state index is -0.189. The topological polar surface area (TPSA) is 38.0 Å². The molecule has 2 atom stereocenters. The summed E-state index contributed by atoms with van der Waals surface area (Å²) in [7, 11) is 0. The molecule has 1 heterocycles. The average Bonchev–Trinajstić information content (AvgIpc) is 2.67. The van der Waals surface area contributed by atoms with Crippen LogP contribution in [-0.2, 0) is 0 Å². The number of aliphatic hydroxyl groups excluding tert-OH is 1. The van der Waals surface area contributed by atoms with E-state index in [1.54, 1.807) is 0 Å². The summed E-state index contributed by atoms with van der Waals surface area (Å²) in [5.74, 6) is 1.52. The average molecular weight is 208 g/mol. The smallest absolute Gasteiger partial charge is 0.111 e. The lowest BCUT2D eigenvalue weighted by atomic mass is 9.92. The van der Waals surface area contributed by atoms with Crippen molar-refractivity contribution >= 4 is 0 Å². The lowest BCUT2D eigenvalue weighted by Crippen LogP contribution is -2.28. The maximum Gasteiger partial charge on any atom is 0.111 e. The molecule has 1 fully saturated rings. The molecule has 3 heteroatoms. The normalized spacial score (nSPS) is 27.2. The highest BCUT2D eigenvalue weighted by Crippen LogP contribution is 2.30. The zero-order valence-electron chi connectivity index (χ0n) is 9.56. The van der Waals surface area contributed by atoms with E-state index in [0.29, 0.717) is 5.92 Å². The largest absolute Gasteiger partial charge is 0.391 e. The molecule has 1 aliphatic rings. The van der Waals surface area contributed by atoms with E-state index in [9.17, 15) is 5.11 Å². The zero-order chi connectivity index (χ0) is 10.8. The van der Waals surface area contributed by atoms with E-state index in [1.807, 2.05) is 12.4 Å². The molecule has 0 saturated heterocycles. The van der Waals surface area contributed by atoms with Crippen molar-refractivity contribution in [3.8, 4) is 0 Å². The second-order valence-corrected chi connectivity index (χ2v) is 4.77. The first-order valence-corrected chi connectivity index (χ1v) is 5.91. The van der Waals surface area contributed by atoms with E-state index in [4.69, 9.17) is 0 Å². The number of aromatic nitrogens is 2. The summed E-state index contributed by atoms with van der Waals surface area (Å²) in [5, 5.41) is 10.00. The highest BCUT2D eigenvalue weighted by Gasteiger charge is 2.26. The molecule has 3 nitrogen and oxygen atoms in total. The second-order valence-electron chi connectivity index (χ2n) is 4.77. The molecule has 0 amide bonds. The first kappa shape index (κ1) is 10.7. The third kappa shape index (κ3) is 2.07. The van der Waals surface area contributed by atoms with Crippen molar-refractivity contribution in [2.24, 2.45) is 0 Å². The fraction of sp³-hybridized carbons (Fsp3) is 0.750. The third-order valence-electron chi connectivity index (χ3n) is 3.27. The highest BCUT2D eigenvalue weighted by atomic mass is 16.3. The first-order chi connectivity index (χ1) is 7.20. The maximum absolute atomic E-state index is 10.00. The fourth-order valence-electron chi connectivity index (χ4n) is 2.47. The van der Waals surface area contributed by atoms with Gasteiger partial charge >= 0.3 is 0 Å². The van der Waals surface area contributed by atoms with Gasteiger partial charge in [-0.1, -0.05) is 26.7 Å². The van der Waals surface area contributed by atoms with Gasteiger partial charge in [0.15, 0.2) is 0 Å². The van der Waals surface area contributed by atoms with Crippen molar-refractivity contribution < 1.29 is 5.11 Å². The Bertz CT molecular complexity index is 319. The number of hydrogen-bond donors (Lipinski definition) is 1. The van der Waals surface area contributed by atoms with Crippen LogP contribution < -0.4 is 0 Å². The van der Waals surface area contributed by atoms with Crippen LogP contribution in [0.4, 0.5) is 0 Å². The molecule has 15 heavy (non-hydrogen) atoms. The van der Waals surface area contributed by atoms with Crippen molar-refractivity contribution in [3.05, 3.63) is 18.2 Å². The van der Waals surface area contributed by atoms with Gasteiger partial charge in [-0.25, -0.2) is 4.98 Å². The minimum Gasteiger partial charge on any atom is -0.391 e. The Kier molecular flexibility index (Phi) is 3.10. The fourth-order valence-corrected chi connectivity index (χ4v) is 2.47. The van der Waals surface area contributed by atoms with Gasteiger partial charge in [0.05, 0.1) is 12.1 Å². The van der Waals surface area contributed by atoms with Gasteiger partial charge in [0.2, 0.25) is 0 Å². The van der Waals surface area contributed by atoms with Gasteiger partial charge in [-0.2, -0.15) is 0 Å². The second kappa shape index (κ2) is 4.35. The molecule has 1 N–H and O–H groups in total. The molecule has 0 bridgehead atoms. The molecular weight excluding hydrogens is 188 g/mol. The van der Waals surface area contributed by atoms with E-state index in [2.05, 4.69) is 23.4 Å². The van der Waals surface area contributed by atoms with E-state index in [1.165, 1.54) is 6.42 Å². The Balaban J connectivity index is 2.23. The third-order valence-corrected chi connectivity index (χ3v) is 3.27. The maximum atomic E-state index is 10.00. The van der Waals surface area contributed by atoms with Crippen LogP contribution in [0.15, 0.2) is 12.4 Å². The molecule has 0 aromatic carbocycles. The molecule has 84 valence electrons. The van der Waals surface area contributed by atoms with Crippen LogP contribution in [0.3, 0.4) is 0 Å². The molecule has 1 aliphatic carbocycles. The monoisotopic (exact) mass is 208 g/mol. The number of nitrogens with zero attached hydrogens (tertiary/aromatic N) is 2. The Morgan fingerprint density at radius 2 is 2.13 bits per heavy atom. The Labute approximate surface area is 91.1 Å². The van der Waals surface area contributed by atoms with Crippen molar-refractivity contribution in [2.45, 2.75) is 57.6 Å². The van der Waals surface area contributed by atoms with Crippen LogP contribution in [0.2, 0.25) is 0 Å². The summed E-state index contributed by atoms with van der Waals surface area (Å²) in [6, 6.07) is 0.249. The van der Waals surface area contributed by atoms with Crippen molar-refractivity contribution in [1.82, 2.24) is 9.55 Å². The van der Waals surface area contributed by atoms with Crippen molar-refractivity contribution in [1.29, 1.82) is 0 Å². The summed E-state index contributed by atoms with van der Waals surface area (Å²) in [6.07, 6.45) is 8.05. The molecule has 0 aliphatic heterocycles. The molecule has 0 radical (unpaired) electrons. The molecule has 1 aromatic heterocycles. The zero-order valence-corrected chi connectivity index (χ0v) is 9.56. The Morgan fingerprint density at radius 1 is 1.40 bits per heavy atom. The predicted molar refractivity (Wildman–Crippen MR) is 59.8 cm³/mol. The number of rotatable bonds is 2. The summed E-state index contributed by atoms with van der Waals surface area (Å²) in [4.78, 5) is 4.38. The summed E-state index contributed by atoms with van der Waals surface area (Å²) in [5.41, 5.74) is 0. The highest BCUT2D eigenvalue weighted by molar-refractivity contribution is 5.01. The molecule has 2 rings (SSSR count). The van der Waals surface area contributed by atoms with Gasteiger partial charge in [-0.15, -0.1) is 0 Å². The molecule has 0 spiro atoms. The van der Waals surface area contributed by atoms with Crippen LogP contribution >= 0.6 is 0 Å². The van der Waals surface area contributed by atoms with Crippen LogP contribution in [0.1, 0.15) is 57.3 Å². The Hall–Kier alpha value is -0.830. The van der Waals surface area contributed by atoms with Gasteiger partial charge < -0.3 is 9.67 Å². The van der Waals surface area contributed by atoms with Gasteiger partial charge in [0.25, 0.3) is 0 Å². The number of aliphatic hydroxyl groups is 1. The van der Waals surface area contributed by atoms with Crippen LogP contribution in [0.25, 0.3) is 0 Å². The van der Waals surface area contributed by atoms with Gasteiger partial charge in [-0.3, -0.25) is 0 Å². The standard InChI is InChI=1S/C12H20N2O/c1-9(2)12-13-7-8-14(12)10-5-3-4-6-11(10)15/h7-11,15H,3-6H2,1-2H3. The molecule has 1 aromatic rings. The molecule has 2 unspecified atom stereocenters. The SMILES string of the molecule is CC(C)c1nccn1C1CCCCC1O. The first-order valence-electron chi connectivity index (χ1n) is 5.91. The summed E-state index contributed by atoms with van der Waals surface area (Å²) >= 11 is 0. The quantitative estimate of drug-likeness (QED) is 0.810. The lowest BCUT2D eigenvalue weighted by Gasteiger charge is -2.30. The minimum absolute atomic E-state index is 0.189. The van der Waals surface area contributed by atoms with E-state index < -0.39 is 0 Å². The molecule has 1 saturated carbocycles. The van der Waals surface area contributed by atoms with Crippen LogP contribution in [0, 0.1) is 0 Å². The summed E-state index contributed by atoms with van der Waals surface area (Å²) in [6.45, 7) is 4.29. The number of hydrogen-bond acceptors (Lipinski definition) is 2. The van der Waals surface area contributed by atoms with E-state index >= 15 is 0 Å². The summed E-state index contributed by atoms with van der Waals surface area (Å²) < 4.78 is 2.18.